The highest BCUT2D eigenvalue weighted by atomic mass is 32.1. The number of H-pyrrole nitrogens is 1. The molecule has 0 unspecified atom stereocenters. The standard InChI is InChI=1S/C22H22N4O3S/c27-20-13-23-16-12-19(29-15-9-5-2-6-10-15)18(11-17(16)24-20)25-22(30)26-21(28)14-7-3-1-4-8-14/h1,3-4,7-8,11-13,15H,2,5-6,9-10H2,(H,24,27)(H2,25,26,28,30). The lowest BCUT2D eigenvalue weighted by molar-refractivity contribution is 0.0977. The number of aromatic nitrogens is 2. The first kappa shape index (κ1) is 20.0. The molecule has 154 valence electrons. The van der Waals surface area contributed by atoms with Crippen molar-refractivity contribution < 1.29 is 9.53 Å². The minimum atomic E-state index is -0.307. The number of carbonyl (C=O) groups excluding carboxylic acids is 1. The molecule has 2 aromatic carbocycles. The fraction of sp³-hybridized carbons (Fsp3) is 0.273. The van der Waals surface area contributed by atoms with Gasteiger partial charge in [-0.2, -0.15) is 0 Å². The number of thiocarbonyl (C=S) groups is 1. The number of hydrogen-bond donors (Lipinski definition) is 3. The molecule has 0 radical (unpaired) electrons. The summed E-state index contributed by atoms with van der Waals surface area (Å²) in [6, 6.07) is 12.3. The van der Waals surface area contributed by atoms with Crippen LogP contribution in [0.1, 0.15) is 42.5 Å². The first-order chi connectivity index (χ1) is 14.6. The summed E-state index contributed by atoms with van der Waals surface area (Å²) in [4.78, 5) is 31.0. The average Bonchev–Trinajstić information content (AvgIpc) is 2.75. The normalized spacial score (nSPS) is 14.3. The van der Waals surface area contributed by atoms with Crippen molar-refractivity contribution in [3.05, 3.63) is 64.6 Å². The number of nitrogens with zero attached hydrogens (tertiary/aromatic N) is 1. The summed E-state index contributed by atoms with van der Waals surface area (Å²) in [7, 11) is 0. The van der Waals surface area contributed by atoms with Gasteiger partial charge in [0, 0.05) is 11.6 Å². The van der Waals surface area contributed by atoms with Crippen LogP contribution in [-0.4, -0.2) is 27.1 Å². The van der Waals surface area contributed by atoms with E-state index in [-0.39, 0.29) is 22.7 Å². The van der Waals surface area contributed by atoms with Gasteiger partial charge in [-0.05, 0) is 56.1 Å². The van der Waals surface area contributed by atoms with Gasteiger partial charge >= 0.3 is 0 Å². The number of hydrogen-bond acceptors (Lipinski definition) is 5. The van der Waals surface area contributed by atoms with E-state index in [0.717, 1.165) is 25.7 Å². The lowest BCUT2D eigenvalue weighted by atomic mass is 9.98. The van der Waals surface area contributed by atoms with Crippen molar-refractivity contribution in [3.8, 4) is 5.75 Å². The molecule has 0 aliphatic heterocycles. The average molecular weight is 423 g/mol. The molecule has 3 aromatic rings. The van der Waals surface area contributed by atoms with Crippen LogP contribution in [0.2, 0.25) is 0 Å². The van der Waals surface area contributed by atoms with Crippen molar-refractivity contribution in [2.24, 2.45) is 0 Å². The molecule has 1 aromatic heterocycles. The molecule has 4 rings (SSSR count). The third-order valence-electron chi connectivity index (χ3n) is 5.03. The summed E-state index contributed by atoms with van der Waals surface area (Å²) in [5.41, 5.74) is 1.94. The highest BCUT2D eigenvalue weighted by molar-refractivity contribution is 7.80. The molecule has 7 nitrogen and oxygen atoms in total. The zero-order valence-corrected chi connectivity index (χ0v) is 17.1. The molecule has 30 heavy (non-hydrogen) atoms. The van der Waals surface area contributed by atoms with Gasteiger partial charge in [0.1, 0.15) is 5.75 Å². The molecule has 0 atom stereocenters. The Morgan fingerprint density at radius 1 is 1.13 bits per heavy atom. The van der Waals surface area contributed by atoms with E-state index in [9.17, 15) is 9.59 Å². The Balaban J connectivity index is 1.58. The molecule has 8 heteroatoms. The molecule has 1 heterocycles. The van der Waals surface area contributed by atoms with Crippen molar-refractivity contribution in [3.63, 3.8) is 0 Å². The molecule has 1 fully saturated rings. The van der Waals surface area contributed by atoms with Crippen molar-refractivity contribution in [2.75, 3.05) is 5.32 Å². The van der Waals surface area contributed by atoms with Crippen molar-refractivity contribution in [1.29, 1.82) is 0 Å². The fourth-order valence-electron chi connectivity index (χ4n) is 3.55. The number of fused-ring (bicyclic) bond motifs is 1. The molecule has 1 aliphatic carbocycles. The van der Waals surface area contributed by atoms with E-state index in [1.165, 1.54) is 12.6 Å². The van der Waals surface area contributed by atoms with Gasteiger partial charge in [0.25, 0.3) is 11.5 Å². The van der Waals surface area contributed by atoms with Crippen LogP contribution in [0, 0.1) is 0 Å². The Kier molecular flexibility index (Phi) is 6.04. The molecule has 3 N–H and O–H groups in total. The van der Waals surface area contributed by atoms with Crippen molar-refractivity contribution >= 4 is 40.0 Å². The first-order valence-electron chi connectivity index (χ1n) is 9.95. The van der Waals surface area contributed by atoms with E-state index in [4.69, 9.17) is 17.0 Å². The van der Waals surface area contributed by atoms with E-state index in [1.807, 2.05) is 6.07 Å². The summed E-state index contributed by atoms with van der Waals surface area (Å²) < 4.78 is 6.25. The van der Waals surface area contributed by atoms with Crippen LogP contribution in [0.25, 0.3) is 11.0 Å². The molecule has 0 spiro atoms. The van der Waals surface area contributed by atoms with E-state index in [2.05, 4.69) is 20.6 Å². The third-order valence-corrected chi connectivity index (χ3v) is 5.24. The number of amides is 1. The largest absolute Gasteiger partial charge is 0.488 e. The molecule has 1 saturated carbocycles. The summed E-state index contributed by atoms with van der Waals surface area (Å²) in [6.07, 6.45) is 6.84. The maximum absolute atomic E-state index is 12.4. The summed E-state index contributed by atoms with van der Waals surface area (Å²) in [5.74, 6) is 0.281. The van der Waals surface area contributed by atoms with Crippen molar-refractivity contribution in [1.82, 2.24) is 15.3 Å². The first-order valence-corrected chi connectivity index (χ1v) is 10.4. The highest BCUT2D eigenvalue weighted by Crippen LogP contribution is 2.32. The van der Waals surface area contributed by atoms with Gasteiger partial charge in [-0.15, -0.1) is 0 Å². The van der Waals surface area contributed by atoms with Crippen LogP contribution in [0.5, 0.6) is 5.75 Å². The number of benzene rings is 2. The third kappa shape index (κ3) is 4.83. The smallest absolute Gasteiger partial charge is 0.266 e. The van der Waals surface area contributed by atoms with Gasteiger partial charge < -0.3 is 15.0 Å². The SMILES string of the molecule is O=C(NC(=S)Nc1cc2[nH]c(=O)cnc2cc1OC1CCCCC1)c1ccccc1. The van der Waals surface area contributed by atoms with Crippen LogP contribution in [0.15, 0.2) is 53.5 Å². The number of anilines is 1. The van der Waals surface area contributed by atoms with Gasteiger partial charge in [-0.3, -0.25) is 14.9 Å². The van der Waals surface area contributed by atoms with Gasteiger partial charge in [0.15, 0.2) is 5.11 Å². The van der Waals surface area contributed by atoms with Crippen LogP contribution in [-0.2, 0) is 0 Å². The Bertz CT molecular complexity index is 1120. The Hall–Kier alpha value is -3.26. The van der Waals surface area contributed by atoms with Crippen LogP contribution < -0.4 is 20.9 Å². The van der Waals surface area contributed by atoms with Gasteiger partial charge in [0.05, 0.1) is 29.0 Å². The number of carbonyl (C=O) groups is 1. The minimum absolute atomic E-state index is 0.118. The molecular formula is C22H22N4O3S. The lowest BCUT2D eigenvalue weighted by Gasteiger charge is -2.25. The highest BCUT2D eigenvalue weighted by Gasteiger charge is 2.18. The van der Waals surface area contributed by atoms with E-state index >= 15 is 0 Å². The molecule has 0 saturated heterocycles. The summed E-state index contributed by atoms with van der Waals surface area (Å²) in [6.45, 7) is 0. The summed E-state index contributed by atoms with van der Waals surface area (Å²) >= 11 is 5.34. The number of rotatable bonds is 4. The number of aromatic amines is 1. The van der Waals surface area contributed by atoms with Gasteiger partial charge in [-0.1, -0.05) is 24.6 Å². The predicted octanol–water partition coefficient (Wildman–Crippen LogP) is 3.76. The second kappa shape index (κ2) is 9.04. The zero-order valence-electron chi connectivity index (χ0n) is 16.3. The molecule has 1 aliphatic rings. The monoisotopic (exact) mass is 422 g/mol. The zero-order chi connectivity index (χ0) is 20.9. The van der Waals surface area contributed by atoms with Gasteiger partial charge in [-0.25, -0.2) is 4.98 Å². The van der Waals surface area contributed by atoms with E-state index in [1.54, 1.807) is 36.4 Å². The maximum atomic E-state index is 12.4. The number of ether oxygens (including phenoxy) is 1. The summed E-state index contributed by atoms with van der Waals surface area (Å²) in [5, 5.41) is 5.85. The predicted molar refractivity (Wildman–Crippen MR) is 120 cm³/mol. The second-order valence-corrected chi connectivity index (χ2v) is 7.67. The Morgan fingerprint density at radius 2 is 1.90 bits per heavy atom. The Morgan fingerprint density at radius 3 is 2.67 bits per heavy atom. The molecule has 0 bridgehead atoms. The quantitative estimate of drug-likeness (QED) is 0.554. The van der Waals surface area contributed by atoms with Crippen molar-refractivity contribution in [2.45, 2.75) is 38.2 Å². The molecular weight excluding hydrogens is 400 g/mol. The Labute approximate surface area is 178 Å². The maximum Gasteiger partial charge on any atom is 0.266 e. The molecule has 1 amide bonds. The van der Waals surface area contributed by atoms with Crippen LogP contribution in [0.3, 0.4) is 0 Å². The van der Waals surface area contributed by atoms with Crippen LogP contribution in [0.4, 0.5) is 5.69 Å². The minimum Gasteiger partial charge on any atom is -0.488 e. The second-order valence-electron chi connectivity index (χ2n) is 7.27. The van der Waals surface area contributed by atoms with E-state index in [0.29, 0.717) is 28.0 Å². The van der Waals surface area contributed by atoms with Gasteiger partial charge in [0.2, 0.25) is 0 Å². The fourth-order valence-corrected chi connectivity index (χ4v) is 3.75. The number of nitrogens with one attached hydrogen (secondary N) is 3. The van der Waals surface area contributed by atoms with Crippen LogP contribution >= 0.6 is 12.2 Å². The van der Waals surface area contributed by atoms with E-state index < -0.39 is 0 Å². The lowest BCUT2D eigenvalue weighted by Crippen LogP contribution is -2.34. The topological polar surface area (TPSA) is 96.1 Å².